The summed E-state index contributed by atoms with van der Waals surface area (Å²) in [6, 6.07) is 5.07. The molecular weight excluding hydrogens is 296 g/mol. The van der Waals surface area contributed by atoms with Crippen molar-refractivity contribution in [2.75, 3.05) is 25.0 Å². The van der Waals surface area contributed by atoms with Crippen LogP contribution in [-0.2, 0) is 9.53 Å². The number of rotatable bonds is 3. The van der Waals surface area contributed by atoms with Crippen molar-refractivity contribution >= 4 is 29.3 Å². The van der Waals surface area contributed by atoms with Gasteiger partial charge in [-0.1, -0.05) is 23.7 Å². The number of benzene rings is 1. The topological polar surface area (TPSA) is 78.9 Å². The largest absolute Gasteiger partial charge is 0.481 e. The zero-order valence-corrected chi connectivity index (χ0v) is 12.4. The van der Waals surface area contributed by atoms with E-state index in [0.717, 1.165) is 5.56 Å². The Hall–Kier alpha value is -1.79. The number of hydrogen-bond acceptors (Lipinski definition) is 3. The first-order valence-electron chi connectivity index (χ1n) is 6.62. The molecule has 2 amide bonds. The van der Waals surface area contributed by atoms with E-state index in [-0.39, 0.29) is 19.0 Å². The third-order valence-electron chi connectivity index (χ3n) is 3.28. The number of carbonyl (C=O) groups excluding carboxylic acids is 1. The number of nitrogens with zero attached hydrogens (tertiary/aromatic N) is 1. The summed E-state index contributed by atoms with van der Waals surface area (Å²) in [7, 11) is 0. The molecule has 21 heavy (non-hydrogen) atoms. The number of morpholine rings is 1. The number of ether oxygens (including phenoxy) is 1. The van der Waals surface area contributed by atoms with Gasteiger partial charge in [-0.3, -0.25) is 4.79 Å². The fourth-order valence-corrected chi connectivity index (χ4v) is 2.47. The van der Waals surface area contributed by atoms with E-state index in [2.05, 4.69) is 5.32 Å². The smallest absolute Gasteiger partial charge is 0.322 e. The summed E-state index contributed by atoms with van der Waals surface area (Å²) in [5.74, 6) is -0.941. The Morgan fingerprint density at radius 3 is 2.95 bits per heavy atom. The number of urea groups is 1. The first-order chi connectivity index (χ1) is 9.97. The Morgan fingerprint density at radius 1 is 1.52 bits per heavy atom. The molecule has 1 atom stereocenters. The van der Waals surface area contributed by atoms with E-state index in [4.69, 9.17) is 21.4 Å². The molecule has 6 nitrogen and oxygen atoms in total. The average molecular weight is 313 g/mol. The quantitative estimate of drug-likeness (QED) is 0.898. The van der Waals surface area contributed by atoms with Crippen LogP contribution in [0.4, 0.5) is 10.5 Å². The summed E-state index contributed by atoms with van der Waals surface area (Å²) in [6.07, 6.45) is -0.594. The van der Waals surface area contributed by atoms with Crippen molar-refractivity contribution in [3.8, 4) is 0 Å². The number of carboxylic acids is 1. The molecule has 114 valence electrons. The van der Waals surface area contributed by atoms with E-state index in [9.17, 15) is 9.59 Å². The van der Waals surface area contributed by atoms with Crippen LogP contribution >= 0.6 is 11.6 Å². The van der Waals surface area contributed by atoms with E-state index < -0.39 is 12.1 Å². The van der Waals surface area contributed by atoms with Gasteiger partial charge < -0.3 is 20.1 Å². The first kappa shape index (κ1) is 15.6. The summed E-state index contributed by atoms with van der Waals surface area (Å²) in [5, 5.41) is 12.0. The van der Waals surface area contributed by atoms with Crippen molar-refractivity contribution in [1.29, 1.82) is 0 Å². The number of para-hydroxylation sites is 1. The lowest BCUT2D eigenvalue weighted by Gasteiger charge is -2.32. The maximum atomic E-state index is 12.3. The molecule has 2 N–H and O–H groups in total. The van der Waals surface area contributed by atoms with Gasteiger partial charge in [0.15, 0.2) is 0 Å². The van der Waals surface area contributed by atoms with Crippen molar-refractivity contribution in [3.05, 3.63) is 28.8 Å². The van der Waals surface area contributed by atoms with Crippen LogP contribution in [0.15, 0.2) is 18.2 Å². The highest BCUT2D eigenvalue weighted by atomic mass is 35.5. The molecule has 1 aromatic rings. The van der Waals surface area contributed by atoms with E-state index in [1.54, 1.807) is 11.0 Å². The number of amides is 2. The van der Waals surface area contributed by atoms with Gasteiger partial charge in [-0.05, 0) is 18.6 Å². The second-order valence-electron chi connectivity index (χ2n) is 4.90. The Kier molecular flexibility index (Phi) is 5.03. The van der Waals surface area contributed by atoms with Crippen LogP contribution in [-0.4, -0.2) is 47.8 Å². The number of nitrogens with one attached hydrogen (secondary N) is 1. The lowest BCUT2D eigenvalue weighted by Crippen LogP contribution is -2.48. The number of aliphatic carboxylic acids is 1. The lowest BCUT2D eigenvalue weighted by molar-refractivity contribution is -0.141. The molecule has 1 saturated heterocycles. The molecule has 1 fully saturated rings. The second kappa shape index (κ2) is 6.78. The highest BCUT2D eigenvalue weighted by Crippen LogP contribution is 2.25. The molecular formula is C14H17ClN2O4. The number of carboxylic acid groups (broad SMARTS) is 1. The normalized spacial score (nSPS) is 18.4. The van der Waals surface area contributed by atoms with Crippen LogP contribution in [0, 0.1) is 6.92 Å². The van der Waals surface area contributed by atoms with Crippen molar-refractivity contribution in [2.45, 2.75) is 19.4 Å². The molecule has 0 bridgehead atoms. The Bertz CT molecular complexity index is 530. The van der Waals surface area contributed by atoms with Crippen molar-refractivity contribution < 1.29 is 19.4 Å². The molecule has 1 heterocycles. The predicted octanol–water partition coefficient (Wildman–Crippen LogP) is 2.36. The molecule has 0 saturated carbocycles. The van der Waals surface area contributed by atoms with Gasteiger partial charge in [-0.25, -0.2) is 4.79 Å². The molecule has 0 radical (unpaired) electrons. The van der Waals surface area contributed by atoms with E-state index in [0.29, 0.717) is 23.9 Å². The predicted molar refractivity (Wildman–Crippen MR) is 78.8 cm³/mol. The van der Waals surface area contributed by atoms with E-state index >= 15 is 0 Å². The SMILES string of the molecule is Cc1cccc(Cl)c1NC(=O)N1CCOC(CC(=O)O)C1. The molecule has 7 heteroatoms. The number of carbonyl (C=O) groups is 2. The van der Waals surface area contributed by atoms with E-state index in [1.807, 2.05) is 19.1 Å². The third-order valence-corrected chi connectivity index (χ3v) is 3.60. The molecule has 0 aromatic heterocycles. The number of hydrogen-bond donors (Lipinski definition) is 2. The van der Waals surface area contributed by atoms with Gasteiger partial charge >= 0.3 is 12.0 Å². The summed E-state index contributed by atoms with van der Waals surface area (Å²) < 4.78 is 5.34. The zero-order valence-electron chi connectivity index (χ0n) is 11.6. The standard InChI is InChI=1S/C14H17ClN2O4/c1-9-3-2-4-11(15)13(9)16-14(20)17-5-6-21-10(8-17)7-12(18)19/h2-4,10H,5-8H2,1H3,(H,16,20)(H,18,19). The van der Waals surface area contributed by atoms with Crippen LogP contribution < -0.4 is 5.32 Å². The van der Waals surface area contributed by atoms with Crippen molar-refractivity contribution in [2.24, 2.45) is 0 Å². The van der Waals surface area contributed by atoms with Gasteiger partial charge in [0, 0.05) is 13.1 Å². The monoisotopic (exact) mass is 312 g/mol. The molecule has 1 aliphatic rings. The minimum atomic E-state index is -0.941. The lowest BCUT2D eigenvalue weighted by atomic mass is 10.2. The minimum absolute atomic E-state index is 0.116. The minimum Gasteiger partial charge on any atom is -0.481 e. The Balaban J connectivity index is 2.01. The Labute approximate surface area is 127 Å². The second-order valence-corrected chi connectivity index (χ2v) is 5.31. The summed E-state index contributed by atoms with van der Waals surface area (Å²) >= 11 is 6.07. The van der Waals surface area contributed by atoms with Gasteiger partial charge in [-0.15, -0.1) is 0 Å². The zero-order chi connectivity index (χ0) is 15.4. The first-order valence-corrected chi connectivity index (χ1v) is 6.99. The molecule has 1 aromatic carbocycles. The van der Waals surface area contributed by atoms with Crippen LogP contribution in [0.5, 0.6) is 0 Å². The fraction of sp³-hybridized carbons (Fsp3) is 0.429. The molecule has 0 spiro atoms. The van der Waals surface area contributed by atoms with Gasteiger partial charge in [0.2, 0.25) is 0 Å². The maximum Gasteiger partial charge on any atom is 0.322 e. The van der Waals surface area contributed by atoms with Gasteiger partial charge in [0.25, 0.3) is 0 Å². The highest BCUT2D eigenvalue weighted by Gasteiger charge is 2.26. The summed E-state index contributed by atoms with van der Waals surface area (Å²) in [5.41, 5.74) is 1.44. The summed E-state index contributed by atoms with van der Waals surface area (Å²) in [4.78, 5) is 24.5. The Morgan fingerprint density at radius 2 is 2.29 bits per heavy atom. The number of anilines is 1. The van der Waals surface area contributed by atoms with Crippen molar-refractivity contribution in [3.63, 3.8) is 0 Å². The van der Waals surface area contributed by atoms with E-state index in [1.165, 1.54) is 0 Å². The van der Waals surface area contributed by atoms with Crippen molar-refractivity contribution in [1.82, 2.24) is 4.90 Å². The molecule has 2 rings (SSSR count). The summed E-state index contributed by atoms with van der Waals surface area (Å²) in [6.45, 7) is 2.86. The third kappa shape index (κ3) is 4.09. The van der Waals surface area contributed by atoms with Crippen LogP contribution in [0.3, 0.4) is 0 Å². The number of halogens is 1. The highest BCUT2D eigenvalue weighted by molar-refractivity contribution is 6.33. The number of aryl methyl sites for hydroxylation is 1. The van der Waals surface area contributed by atoms with Crippen LogP contribution in [0.25, 0.3) is 0 Å². The van der Waals surface area contributed by atoms with Gasteiger partial charge in [0.1, 0.15) is 0 Å². The molecule has 1 aliphatic heterocycles. The molecule has 0 aliphatic carbocycles. The maximum absolute atomic E-state index is 12.3. The molecule has 1 unspecified atom stereocenters. The van der Waals surface area contributed by atoms with Gasteiger partial charge in [-0.2, -0.15) is 0 Å². The van der Waals surface area contributed by atoms with Gasteiger partial charge in [0.05, 0.1) is 29.8 Å². The average Bonchev–Trinajstić information content (AvgIpc) is 2.42. The van der Waals surface area contributed by atoms with Crippen LogP contribution in [0.1, 0.15) is 12.0 Å². The van der Waals surface area contributed by atoms with Crippen LogP contribution in [0.2, 0.25) is 5.02 Å². The fourth-order valence-electron chi connectivity index (χ4n) is 2.20.